The molecule has 0 aromatic rings. The molecular formula is C9H21NSi. The summed E-state index contributed by atoms with van der Waals surface area (Å²) in [4.78, 5) is 0. The van der Waals surface area contributed by atoms with Crippen LogP contribution in [-0.4, -0.2) is 15.3 Å². The summed E-state index contributed by atoms with van der Waals surface area (Å²) in [6.07, 6.45) is 2.12. The fourth-order valence-electron chi connectivity index (χ4n) is 1.45. The van der Waals surface area contributed by atoms with Crippen LogP contribution in [0.3, 0.4) is 0 Å². The molecule has 0 bridgehead atoms. The molecule has 0 aromatic heterocycles. The first-order valence-corrected chi connectivity index (χ1v) is 6.46. The van der Waals surface area contributed by atoms with E-state index in [9.17, 15) is 0 Å². The van der Waals surface area contributed by atoms with E-state index in [0.29, 0.717) is 6.54 Å². The molecule has 0 aliphatic carbocycles. The third-order valence-corrected chi connectivity index (χ3v) is 5.83. The fourth-order valence-corrected chi connectivity index (χ4v) is 4.35. The smallest absolute Gasteiger partial charge is 0.0662 e. The Labute approximate surface area is 72.3 Å². The molecule has 0 radical (unpaired) electrons. The van der Waals surface area contributed by atoms with Crippen LogP contribution < -0.4 is 5.73 Å². The lowest BCUT2D eigenvalue weighted by atomic mass is 10.5. The second-order valence-corrected chi connectivity index (χ2v) is 7.94. The Hall–Kier alpha value is -0.0831. The Morgan fingerprint density at radius 2 is 1.64 bits per heavy atom. The van der Waals surface area contributed by atoms with Crippen molar-refractivity contribution in [1.29, 1.82) is 0 Å². The van der Waals surface area contributed by atoms with E-state index < -0.39 is 8.80 Å². The molecule has 0 fully saturated rings. The highest BCUT2D eigenvalue weighted by Crippen LogP contribution is 2.20. The lowest BCUT2D eigenvalue weighted by molar-refractivity contribution is 0.949. The minimum atomic E-state index is -0.659. The van der Waals surface area contributed by atoms with Crippen LogP contribution >= 0.6 is 0 Å². The number of nitrogens with two attached hydrogens (primary N) is 1. The summed E-state index contributed by atoms with van der Waals surface area (Å²) in [5, 5.41) is 0. The lowest BCUT2D eigenvalue weighted by Gasteiger charge is -2.18. The lowest BCUT2D eigenvalue weighted by Crippen LogP contribution is -2.18. The number of rotatable bonds is 4. The van der Waals surface area contributed by atoms with Crippen molar-refractivity contribution in [3.63, 3.8) is 0 Å². The first-order valence-electron chi connectivity index (χ1n) is 4.46. The second kappa shape index (κ2) is 5.55. The van der Waals surface area contributed by atoms with Crippen molar-refractivity contribution in [3.8, 4) is 0 Å². The van der Waals surface area contributed by atoms with Crippen LogP contribution in [0.1, 0.15) is 27.7 Å². The van der Waals surface area contributed by atoms with Gasteiger partial charge in [0.1, 0.15) is 0 Å². The molecule has 0 spiro atoms. The molecule has 11 heavy (non-hydrogen) atoms. The third-order valence-electron chi connectivity index (χ3n) is 2.03. The molecule has 0 aliphatic rings. The van der Waals surface area contributed by atoms with Crippen molar-refractivity contribution in [2.45, 2.75) is 38.8 Å². The quantitative estimate of drug-likeness (QED) is 0.644. The highest BCUT2D eigenvalue weighted by Gasteiger charge is 2.15. The Morgan fingerprint density at radius 1 is 1.18 bits per heavy atom. The molecule has 1 nitrogen and oxygen atoms in total. The number of hydrogen-bond donors (Lipinski definition) is 1. The summed E-state index contributed by atoms with van der Waals surface area (Å²) < 4.78 is 0. The summed E-state index contributed by atoms with van der Waals surface area (Å²) in [7, 11) is -0.659. The van der Waals surface area contributed by atoms with Gasteiger partial charge in [0, 0.05) is 6.54 Å². The zero-order valence-corrected chi connectivity index (χ0v) is 9.33. The van der Waals surface area contributed by atoms with Gasteiger partial charge in [-0.2, -0.15) is 0 Å². The zero-order chi connectivity index (χ0) is 8.85. The van der Waals surface area contributed by atoms with E-state index in [0.717, 1.165) is 11.1 Å². The number of hydrogen-bond acceptors (Lipinski definition) is 1. The topological polar surface area (TPSA) is 26.0 Å². The molecule has 0 saturated heterocycles. The average Bonchev–Trinajstić information content (AvgIpc) is 1.87. The average molecular weight is 171 g/mol. The van der Waals surface area contributed by atoms with Crippen molar-refractivity contribution in [1.82, 2.24) is 0 Å². The van der Waals surface area contributed by atoms with Gasteiger partial charge in [-0.15, -0.1) is 0 Å². The summed E-state index contributed by atoms with van der Waals surface area (Å²) in [5.74, 6) is 0. The van der Waals surface area contributed by atoms with Gasteiger partial charge < -0.3 is 5.73 Å². The SMILES string of the molecule is CC(C)[SiH](C=CCN)C(C)C. The predicted octanol–water partition coefficient (Wildman–Crippen LogP) is 2.09. The van der Waals surface area contributed by atoms with E-state index in [1.54, 1.807) is 0 Å². The highest BCUT2D eigenvalue weighted by atomic mass is 28.3. The van der Waals surface area contributed by atoms with Crippen molar-refractivity contribution in [3.05, 3.63) is 11.8 Å². The van der Waals surface area contributed by atoms with Crippen molar-refractivity contribution in [2.24, 2.45) is 5.73 Å². The molecule has 2 N–H and O–H groups in total. The van der Waals surface area contributed by atoms with Gasteiger partial charge in [0.25, 0.3) is 0 Å². The monoisotopic (exact) mass is 171 g/mol. The van der Waals surface area contributed by atoms with Gasteiger partial charge in [0.2, 0.25) is 0 Å². The van der Waals surface area contributed by atoms with Gasteiger partial charge in [-0.1, -0.05) is 50.6 Å². The van der Waals surface area contributed by atoms with Crippen LogP contribution in [0.2, 0.25) is 11.1 Å². The van der Waals surface area contributed by atoms with Crippen molar-refractivity contribution < 1.29 is 0 Å². The van der Waals surface area contributed by atoms with Gasteiger partial charge in [-0.05, 0) is 0 Å². The molecular weight excluding hydrogens is 150 g/mol. The standard InChI is InChI=1S/C9H21NSi/c1-8(2)11(9(3)4)7-5-6-10/h5,7-9,11H,6,10H2,1-4H3. The first kappa shape index (κ1) is 10.9. The normalized spacial score (nSPS) is 12.7. The van der Waals surface area contributed by atoms with E-state index in [1.165, 1.54) is 0 Å². The predicted molar refractivity (Wildman–Crippen MR) is 55.5 cm³/mol. The van der Waals surface area contributed by atoms with Crippen molar-refractivity contribution >= 4 is 8.80 Å². The maximum Gasteiger partial charge on any atom is 0.0662 e. The molecule has 2 heteroatoms. The maximum absolute atomic E-state index is 5.41. The van der Waals surface area contributed by atoms with Crippen molar-refractivity contribution in [2.75, 3.05) is 6.54 Å². The van der Waals surface area contributed by atoms with E-state index in [-0.39, 0.29) is 0 Å². The molecule has 0 amide bonds. The van der Waals surface area contributed by atoms with Gasteiger partial charge in [-0.25, -0.2) is 0 Å². The Morgan fingerprint density at radius 3 is 1.91 bits per heavy atom. The minimum Gasteiger partial charge on any atom is -0.327 e. The Kier molecular flexibility index (Phi) is 5.51. The van der Waals surface area contributed by atoms with E-state index >= 15 is 0 Å². The van der Waals surface area contributed by atoms with Gasteiger partial charge in [-0.3, -0.25) is 0 Å². The molecule has 0 heterocycles. The molecule has 0 saturated carbocycles. The maximum atomic E-state index is 5.41. The summed E-state index contributed by atoms with van der Waals surface area (Å²) in [6.45, 7) is 9.97. The molecule has 0 aromatic carbocycles. The third kappa shape index (κ3) is 4.38. The molecule has 66 valence electrons. The highest BCUT2D eigenvalue weighted by molar-refractivity contribution is 6.66. The van der Waals surface area contributed by atoms with Crippen LogP contribution in [0, 0.1) is 0 Å². The van der Waals surface area contributed by atoms with Gasteiger partial charge >= 0.3 is 0 Å². The second-order valence-electron chi connectivity index (χ2n) is 3.73. The van der Waals surface area contributed by atoms with Crippen LogP contribution in [0.4, 0.5) is 0 Å². The van der Waals surface area contributed by atoms with Gasteiger partial charge in [0.15, 0.2) is 0 Å². The fraction of sp³-hybridized carbons (Fsp3) is 0.778. The summed E-state index contributed by atoms with van der Waals surface area (Å²) >= 11 is 0. The molecule has 0 rings (SSSR count). The Bertz CT molecular complexity index is 111. The van der Waals surface area contributed by atoms with E-state index in [1.807, 2.05) is 0 Å². The van der Waals surface area contributed by atoms with Crippen LogP contribution in [0.5, 0.6) is 0 Å². The van der Waals surface area contributed by atoms with Gasteiger partial charge in [0.05, 0.1) is 8.80 Å². The molecule has 0 aliphatic heterocycles. The summed E-state index contributed by atoms with van der Waals surface area (Å²) in [5.41, 5.74) is 9.51. The first-order chi connectivity index (χ1) is 5.09. The largest absolute Gasteiger partial charge is 0.327 e. The van der Waals surface area contributed by atoms with E-state index in [4.69, 9.17) is 5.73 Å². The van der Waals surface area contributed by atoms with E-state index in [2.05, 4.69) is 39.5 Å². The van der Waals surface area contributed by atoms with Crippen LogP contribution in [-0.2, 0) is 0 Å². The molecule has 0 atom stereocenters. The molecule has 0 unspecified atom stereocenters. The van der Waals surface area contributed by atoms with Crippen LogP contribution in [0.15, 0.2) is 11.8 Å². The van der Waals surface area contributed by atoms with Crippen LogP contribution in [0.25, 0.3) is 0 Å². The minimum absolute atomic E-state index is 0.659. The zero-order valence-electron chi connectivity index (χ0n) is 8.17. The Balaban J connectivity index is 4.00. The summed E-state index contributed by atoms with van der Waals surface area (Å²) in [6, 6.07) is 0.